The van der Waals surface area contributed by atoms with Gasteiger partial charge in [-0.25, -0.2) is 4.68 Å². The van der Waals surface area contributed by atoms with Crippen molar-refractivity contribution >= 4 is 15.9 Å². The Bertz CT molecular complexity index is 677. The minimum absolute atomic E-state index is 0.720. The Morgan fingerprint density at radius 1 is 0.947 bits per heavy atom. The van der Waals surface area contributed by atoms with E-state index < -0.39 is 0 Å². The molecule has 0 aliphatic rings. The zero-order chi connectivity index (χ0) is 13.1. The predicted octanol–water partition coefficient (Wildman–Crippen LogP) is 3.76. The lowest BCUT2D eigenvalue weighted by Gasteiger charge is -2.07. The average molecular weight is 314 g/mol. The molecule has 0 saturated heterocycles. The van der Waals surface area contributed by atoms with E-state index >= 15 is 0 Å². The van der Waals surface area contributed by atoms with Crippen LogP contribution in [0.5, 0.6) is 0 Å². The molecule has 4 heteroatoms. The second-order valence-electron chi connectivity index (χ2n) is 4.24. The topological polar surface area (TPSA) is 30.7 Å². The highest BCUT2D eigenvalue weighted by atomic mass is 79.9. The Kier molecular flexibility index (Phi) is 3.42. The molecule has 0 radical (unpaired) electrons. The van der Waals surface area contributed by atoms with E-state index in [9.17, 15) is 0 Å². The van der Waals surface area contributed by atoms with Gasteiger partial charge in [0.2, 0.25) is 0 Å². The lowest BCUT2D eigenvalue weighted by atomic mass is 10.1. The first-order valence-corrected chi connectivity index (χ1v) is 6.81. The van der Waals surface area contributed by atoms with Crippen molar-refractivity contribution in [2.75, 3.05) is 0 Å². The van der Waals surface area contributed by atoms with E-state index in [0.717, 1.165) is 22.3 Å². The van der Waals surface area contributed by atoms with Gasteiger partial charge in [0.05, 0.1) is 18.4 Å². The summed E-state index contributed by atoms with van der Waals surface area (Å²) in [4.78, 5) is 0. The lowest BCUT2D eigenvalue weighted by molar-refractivity contribution is 0.655. The summed E-state index contributed by atoms with van der Waals surface area (Å²) in [6.45, 7) is 0.720. The van der Waals surface area contributed by atoms with Crippen LogP contribution in [0.1, 0.15) is 5.56 Å². The molecule has 19 heavy (non-hydrogen) atoms. The Hall–Kier alpha value is -1.94. The molecule has 0 spiro atoms. The summed E-state index contributed by atoms with van der Waals surface area (Å²) in [5, 5.41) is 8.20. The van der Waals surface area contributed by atoms with Crippen molar-refractivity contribution in [1.29, 1.82) is 0 Å². The van der Waals surface area contributed by atoms with Gasteiger partial charge in [-0.3, -0.25) is 0 Å². The zero-order valence-corrected chi connectivity index (χ0v) is 11.8. The number of halogens is 1. The van der Waals surface area contributed by atoms with E-state index in [0.29, 0.717) is 0 Å². The van der Waals surface area contributed by atoms with E-state index in [1.54, 1.807) is 6.20 Å². The standard InChI is InChI=1S/C15H12BrN3/c16-14-9-5-4-8-13(14)15-10-17-18-19(15)11-12-6-2-1-3-7-12/h1-10H,11H2. The number of aromatic nitrogens is 3. The molecule has 0 unspecified atom stereocenters. The molecule has 3 nitrogen and oxygen atoms in total. The van der Waals surface area contributed by atoms with Gasteiger partial charge in [0.15, 0.2) is 0 Å². The number of rotatable bonds is 3. The summed E-state index contributed by atoms with van der Waals surface area (Å²) in [5.41, 5.74) is 3.32. The van der Waals surface area contributed by atoms with Crippen LogP contribution in [-0.2, 0) is 6.54 Å². The van der Waals surface area contributed by atoms with Crippen molar-refractivity contribution in [2.45, 2.75) is 6.54 Å². The normalized spacial score (nSPS) is 10.6. The van der Waals surface area contributed by atoms with E-state index in [2.05, 4.69) is 44.4 Å². The highest BCUT2D eigenvalue weighted by Gasteiger charge is 2.09. The van der Waals surface area contributed by atoms with Gasteiger partial charge in [-0.1, -0.05) is 69.7 Å². The van der Waals surface area contributed by atoms with E-state index in [-0.39, 0.29) is 0 Å². The fourth-order valence-corrected chi connectivity index (χ4v) is 2.50. The van der Waals surface area contributed by atoms with Crippen molar-refractivity contribution in [3.05, 3.63) is 70.8 Å². The monoisotopic (exact) mass is 313 g/mol. The number of hydrogen-bond acceptors (Lipinski definition) is 2. The van der Waals surface area contributed by atoms with Gasteiger partial charge in [-0.05, 0) is 11.6 Å². The zero-order valence-electron chi connectivity index (χ0n) is 10.2. The minimum atomic E-state index is 0.720. The molecule has 3 rings (SSSR count). The fraction of sp³-hybridized carbons (Fsp3) is 0.0667. The second-order valence-corrected chi connectivity index (χ2v) is 5.10. The third-order valence-corrected chi connectivity index (χ3v) is 3.63. The van der Waals surface area contributed by atoms with E-state index in [4.69, 9.17) is 0 Å². The molecule has 0 N–H and O–H groups in total. The van der Waals surface area contributed by atoms with Gasteiger partial charge >= 0.3 is 0 Å². The number of hydrogen-bond donors (Lipinski definition) is 0. The van der Waals surface area contributed by atoms with Crippen LogP contribution >= 0.6 is 15.9 Å². The summed E-state index contributed by atoms with van der Waals surface area (Å²) < 4.78 is 2.96. The Labute approximate surface area is 120 Å². The number of nitrogens with zero attached hydrogens (tertiary/aromatic N) is 3. The van der Waals surface area contributed by atoms with Crippen LogP contribution in [0.4, 0.5) is 0 Å². The first-order chi connectivity index (χ1) is 9.34. The number of benzene rings is 2. The molecule has 0 aliphatic carbocycles. The summed E-state index contributed by atoms with van der Waals surface area (Å²) in [6.07, 6.45) is 1.79. The highest BCUT2D eigenvalue weighted by Crippen LogP contribution is 2.27. The van der Waals surface area contributed by atoms with Gasteiger partial charge in [0.1, 0.15) is 0 Å². The van der Waals surface area contributed by atoms with Crippen molar-refractivity contribution in [3.63, 3.8) is 0 Å². The summed E-state index contributed by atoms with van der Waals surface area (Å²) in [6, 6.07) is 18.4. The molecule has 0 fully saturated rings. The van der Waals surface area contributed by atoms with Crippen LogP contribution in [0.3, 0.4) is 0 Å². The Morgan fingerprint density at radius 2 is 1.68 bits per heavy atom. The maximum Gasteiger partial charge on any atom is 0.0900 e. The minimum Gasteiger partial charge on any atom is -0.240 e. The van der Waals surface area contributed by atoms with Crippen LogP contribution in [0.2, 0.25) is 0 Å². The molecule has 1 aromatic heterocycles. The third-order valence-electron chi connectivity index (χ3n) is 2.94. The summed E-state index contributed by atoms with van der Waals surface area (Å²) >= 11 is 3.57. The van der Waals surface area contributed by atoms with Crippen LogP contribution in [-0.4, -0.2) is 15.0 Å². The first-order valence-electron chi connectivity index (χ1n) is 6.02. The van der Waals surface area contributed by atoms with Crippen LogP contribution in [0, 0.1) is 0 Å². The summed E-state index contributed by atoms with van der Waals surface area (Å²) in [5.74, 6) is 0. The van der Waals surface area contributed by atoms with Gasteiger partial charge < -0.3 is 0 Å². The van der Waals surface area contributed by atoms with Gasteiger partial charge in [-0.2, -0.15) is 0 Å². The maximum atomic E-state index is 4.17. The van der Waals surface area contributed by atoms with Crippen molar-refractivity contribution in [3.8, 4) is 11.3 Å². The van der Waals surface area contributed by atoms with E-state index in [1.807, 2.05) is 41.1 Å². The molecule has 94 valence electrons. The molecular weight excluding hydrogens is 302 g/mol. The summed E-state index contributed by atoms with van der Waals surface area (Å²) in [7, 11) is 0. The van der Waals surface area contributed by atoms with Crippen LogP contribution < -0.4 is 0 Å². The molecule has 0 saturated carbocycles. The largest absolute Gasteiger partial charge is 0.240 e. The van der Waals surface area contributed by atoms with Crippen LogP contribution in [0.15, 0.2) is 65.3 Å². The molecular formula is C15H12BrN3. The molecule has 0 atom stereocenters. The Morgan fingerprint density at radius 3 is 2.47 bits per heavy atom. The smallest absolute Gasteiger partial charge is 0.0900 e. The average Bonchev–Trinajstić information content (AvgIpc) is 2.88. The van der Waals surface area contributed by atoms with E-state index in [1.165, 1.54) is 5.56 Å². The van der Waals surface area contributed by atoms with Crippen LogP contribution in [0.25, 0.3) is 11.3 Å². The molecule has 0 bridgehead atoms. The van der Waals surface area contributed by atoms with Gasteiger partial charge in [0, 0.05) is 10.0 Å². The highest BCUT2D eigenvalue weighted by molar-refractivity contribution is 9.10. The second kappa shape index (κ2) is 5.36. The molecule has 3 aromatic rings. The third kappa shape index (κ3) is 2.58. The van der Waals surface area contributed by atoms with Crippen molar-refractivity contribution in [2.24, 2.45) is 0 Å². The predicted molar refractivity (Wildman–Crippen MR) is 78.7 cm³/mol. The first kappa shape index (κ1) is 12.1. The maximum absolute atomic E-state index is 4.17. The van der Waals surface area contributed by atoms with Crippen molar-refractivity contribution < 1.29 is 0 Å². The van der Waals surface area contributed by atoms with Gasteiger partial charge in [0.25, 0.3) is 0 Å². The lowest BCUT2D eigenvalue weighted by Crippen LogP contribution is -2.04. The molecule has 0 amide bonds. The fourth-order valence-electron chi connectivity index (χ4n) is 2.01. The quantitative estimate of drug-likeness (QED) is 0.737. The molecule has 2 aromatic carbocycles. The Balaban J connectivity index is 1.98. The van der Waals surface area contributed by atoms with Gasteiger partial charge in [-0.15, -0.1) is 5.10 Å². The van der Waals surface area contributed by atoms with Crippen molar-refractivity contribution in [1.82, 2.24) is 15.0 Å². The SMILES string of the molecule is Brc1ccccc1-c1cnnn1Cc1ccccc1. The molecule has 1 heterocycles. The molecule has 0 aliphatic heterocycles.